The molecule has 0 bridgehead atoms. The number of hydrogen-bond donors (Lipinski definition) is 3. The van der Waals surface area contributed by atoms with Crippen molar-refractivity contribution in [2.24, 2.45) is 5.92 Å². The molecule has 0 amide bonds. The Morgan fingerprint density at radius 3 is 2.35 bits per heavy atom. The first-order chi connectivity index (χ1) is 16.3. The minimum absolute atomic E-state index is 0.322. The molecule has 2 aromatic carbocycles. The highest BCUT2D eigenvalue weighted by Gasteiger charge is 2.15. The Morgan fingerprint density at radius 1 is 1.06 bits per heavy atom. The van der Waals surface area contributed by atoms with Crippen LogP contribution < -0.4 is 20.3 Å². The van der Waals surface area contributed by atoms with Gasteiger partial charge in [0.25, 0.3) is 0 Å². The molecule has 0 aliphatic heterocycles. The third-order valence-electron chi connectivity index (χ3n) is 5.03. The van der Waals surface area contributed by atoms with Crippen LogP contribution in [0.1, 0.15) is 18.9 Å². The average molecular weight is 469 g/mol. The summed E-state index contributed by atoms with van der Waals surface area (Å²) >= 11 is 0. The number of benzene rings is 2. The van der Waals surface area contributed by atoms with Crippen LogP contribution in [0.2, 0.25) is 0 Å². The van der Waals surface area contributed by atoms with E-state index in [0.717, 1.165) is 5.56 Å². The summed E-state index contributed by atoms with van der Waals surface area (Å²) in [5.74, 6) is 0.379. The number of nitrogens with zero attached hydrogens (tertiary/aromatic N) is 4. The van der Waals surface area contributed by atoms with Crippen LogP contribution in [0.15, 0.2) is 48.5 Å². The quantitative estimate of drug-likeness (QED) is 0.340. The van der Waals surface area contributed by atoms with E-state index in [1.807, 2.05) is 45.3 Å². The van der Waals surface area contributed by atoms with Crippen molar-refractivity contribution in [1.29, 1.82) is 0 Å². The summed E-state index contributed by atoms with van der Waals surface area (Å²) in [5, 5.41) is 15.4. The highest BCUT2D eigenvalue weighted by atomic mass is 19.1. The van der Waals surface area contributed by atoms with Gasteiger partial charge in [0.1, 0.15) is 18.2 Å². The van der Waals surface area contributed by atoms with Crippen LogP contribution >= 0.6 is 0 Å². The largest absolute Gasteiger partial charge is 0.492 e. The fourth-order valence-electron chi connectivity index (χ4n) is 3.11. The van der Waals surface area contributed by atoms with E-state index in [-0.39, 0.29) is 11.7 Å². The van der Waals surface area contributed by atoms with E-state index in [9.17, 15) is 14.3 Å². The second-order valence-electron chi connectivity index (χ2n) is 7.88. The first kappa shape index (κ1) is 24.7. The predicted molar refractivity (Wildman–Crippen MR) is 129 cm³/mol. The van der Waals surface area contributed by atoms with Crippen molar-refractivity contribution in [2.45, 2.75) is 19.8 Å². The number of rotatable bonds is 12. The van der Waals surface area contributed by atoms with Gasteiger partial charge in [-0.25, -0.2) is 4.39 Å². The Labute approximate surface area is 198 Å². The summed E-state index contributed by atoms with van der Waals surface area (Å²) in [6.07, 6.45) is 1.09. The highest BCUT2D eigenvalue weighted by molar-refractivity contribution is 5.70. The van der Waals surface area contributed by atoms with Gasteiger partial charge in [0.15, 0.2) is 0 Å². The maximum atomic E-state index is 13.1. The normalized spacial score (nSPS) is 11.5. The number of halogens is 1. The zero-order valence-electron chi connectivity index (χ0n) is 19.5. The Morgan fingerprint density at radius 2 is 1.74 bits per heavy atom. The number of ether oxygens (including phenoxy) is 1. The molecule has 1 heterocycles. The van der Waals surface area contributed by atoms with Crippen molar-refractivity contribution in [1.82, 2.24) is 15.0 Å². The molecule has 0 radical (unpaired) electrons. The summed E-state index contributed by atoms with van der Waals surface area (Å²) < 4.78 is 18.9. The Hall–Kier alpha value is -3.95. The molecule has 0 aliphatic carbocycles. The molecule has 10 heteroatoms. The SMILES string of the molecule is CCC(Cc1ccc(OCCNc2nc(Nc3ccc(F)cc3)nc(N(C)C)n2)cc1)C(=O)O. The molecule has 34 heavy (non-hydrogen) atoms. The van der Waals surface area contributed by atoms with E-state index < -0.39 is 5.97 Å². The zero-order valence-corrected chi connectivity index (χ0v) is 19.5. The lowest BCUT2D eigenvalue weighted by Gasteiger charge is -2.14. The Kier molecular flexibility index (Phi) is 8.55. The Balaban J connectivity index is 1.55. The van der Waals surface area contributed by atoms with Gasteiger partial charge in [0.2, 0.25) is 17.8 Å². The smallest absolute Gasteiger partial charge is 0.306 e. The van der Waals surface area contributed by atoms with Crippen LogP contribution in [0.4, 0.5) is 27.9 Å². The molecule has 1 aromatic heterocycles. The van der Waals surface area contributed by atoms with Gasteiger partial charge in [-0.2, -0.15) is 15.0 Å². The average Bonchev–Trinajstić information content (AvgIpc) is 2.82. The lowest BCUT2D eigenvalue weighted by atomic mass is 9.97. The van der Waals surface area contributed by atoms with Crippen molar-refractivity contribution < 1.29 is 19.0 Å². The molecule has 3 aromatic rings. The number of carboxylic acids is 1. The second-order valence-corrected chi connectivity index (χ2v) is 7.88. The number of aromatic nitrogens is 3. The third kappa shape index (κ3) is 7.29. The molecule has 3 rings (SSSR count). The number of anilines is 4. The van der Waals surface area contributed by atoms with Gasteiger partial charge < -0.3 is 25.4 Å². The Bertz CT molecular complexity index is 1080. The lowest BCUT2D eigenvalue weighted by Crippen LogP contribution is -2.18. The van der Waals surface area contributed by atoms with E-state index in [0.29, 0.717) is 55.3 Å². The third-order valence-corrected chi connectivity index (χ3v) is 5.03. The maximum Gasteiger partial charge on any atom is 0.306 e. The van der Waals surface area contributed by atoms with Crippen LogP contribution in [0.5, 0.6) is 5.75 Å². The highest BCUT2D eigenvalue weighted by Crippen LogP contribution is 2.18. The first-order valence-corrected chi connectivity index (χ1v) is 11.0. The van der Waals surface area contributed by atoms with Crippen LogP contribution in [0.25, 0.3) is 0 Å². The molecule has 0 spiro atoms. The van der Waals surface area contributed by atoms with Crippen LogP contribution in [-0.4, -0.2) is 53.3 Å². The minimum atomic E-state index is -0.777. The van der Waals surface area contributed by atoms with E-state index in [4.69, 9.17) is 4.74 Å². The molecule has 9 nitrogen and oxygen atoms in total. The summed E-state index contributed by atoms with van der Waals surface area (Å²) in [4.78, 5) is 26.1. The van der Waals surface area contributed by atoms with E-state index >= 15 is 0 Å². The minimum Gasteiger partial charge on any atom is -0.492 e. The molecule has 180 valence electrons. The number of carbonyl (C=O) groups is 1. The topological polar surface area (TPSA) is 113 Å². The van der Waals surface area contributed by atoms with Crippen LogP contribution in [0.3, 0.4) is 0 Å². The van der Waals surface area contributed by atoms with Gasteiger partial charge in [-0.3, -0.25) is 4.79 Å². The number of nitrogens with one attached hydrogen (secondary N) is 2. The van der Waals surface area contributed by atoms with E-state index in [2.05, 4.69) is 25.6 Å². The molecule has 3 N–H and O–H groups in total. The maximum absolute atomic E-state index is 13.1. The number of hydrogen-bond acceptors (Lipinski definition) is 8. The summed E-state index contributed by atoms with van der Waals surface area (Å²) in [6.45, 7) is 2.69. The molecular weight excluding hydrogens is 439 g/mol. The van der Waals surface area contributed by atoms with Gasteiger partial charge in [-0.15, -0.1) is 0 Å². The van der Waals surface area contributed by atoms with Gasteiger partial charge in [0, 0.05) is 19.8 Å². The van der Waals surface area contributed by atoms with Gasteiger partial charge >= 0.3 is 5.97 Å². The van der Waals surface area contributed by atoms with Crippen molar-refractivity contribution >= 4 is 29.5 Å². The summed E-state index contributed by atoms with van der Waals surface area (Å²) in [5.41, 5.74) is 1.62. The van der Waals surface area contributed by atoms with Crippen LogP contribution in [-0.2, 0) is 11.2 Å². The molecule has 0 aliphatic rings. The summed E-state index contributed by atoms with van der Waals surface area (Å²) in [7, 11) is 3.65. The number of carboxylic acid groups (broad SMARTS) is 1. The lowest BCUT2D eigenvalue weighted by molar-refractivity contribution is -0.141. The van der Waals surface area contributed by atoms with Gasteiger partial charge in [0.05, 0.1) is 12.5 Å². The molecule has 0 saturated carbocycles. The van der Waals surface area contributed by atoms with Gasteiger partial charge in [-0.05, 0) is 54.8 Å². The zero-order chi connectivity index (χ0) is 24.5. The van der Waals surface area contributed by atoms with E-state index in [1.54, 1.807) is 17.0 Å². The molecule has 1 unspecified atom stereocenters. The monoisotopic (exact) mass is 468 g/mol. The number of aliphatic carboxylic acids is 1. The molecule has 0 saturated heterocycles. The van der Waals surface area contributed by atoms with Gasteiger partial charge in [-0.1, -0.05) is 19.1 Å². The van der Waals surface area contributed by atoms with Crippen LogP contribution in [0, 0.1) is 11.7 Å². The molecular formula is C24H29FN6O3. The van der Waals surface area contributed by atoms with Crippen molar-refractivity contribution in [3.8, 4) is 5.75 Å². The fourth-order valence-corrected chi connectivity index (χ4v) is 3.11. The predicted octanol–water partition coefficient (Wildman–Crippen LogP) is 3.96. The standard InChI is InChI=1S/C24H29FN6O3/c1-4-17(21(32)33)15-16-5-11-20(12-6-16)34-14-13-26-22-28-23(30-24(29-22)31(2)3)27-19-9-7-18(25)8-10-19/h5-12,17H,4,13-15H2,1-3H3,(H,32,33)(H2,26,27,28,29,30). The summed E-state index contributed by atoms with van der Waals surface area (Å²) in [6, 6.07) is 13.4. The second kappa shape index (κ2) is 11.8. The van der Waals surface area contributed by atoms with Crippen molar-refractivity contribution in [3.05, 3.63) is 59.9 Å². The van der Waals surface area contributed by atoms with Crippen molar-refractivity contribution in [3.63, 3.8) is 0 Å². The molecule has 1 atom stereocenters. The van der Waals surface area contributed by atoms with Crippen molar-refractivity contribution in [2.75, 3.05) is 42.8 Å². The van der Waals surface area contributed by atoms with E-state index in [1.165, 1.54) is 12.1 Å². The first-order valence-electron chi connectivity index (χ1n) is 11.0. The fraction of sp³-hybridized carbons (Fsp3) is 0.333. The molecule has 0 fully saturated rings.